The van der Waals surface area contributed by atoms with Crippen molar-refractivity contribution in [3.05, 3.63) is 0 Å². The number of nitrogens with two attached hydrogens (primary N) is 1. The number of aliphatic carboxylic acids is 1. The molecule has 0 radical (unpaired) electrons. The van der Waals surface area contributed by atoms with Gasteiger partial charge in [-0.15, -0.1) is 0 Å². The molecule has 0 aromatic carbocycles. The lowest BCUT2D eigenvalue weighted by molar-refractivity contribution is -0.137. The molecule has 0 bridgehead atoms. The van der Waals surface area contributed by atoms with Crippen molar-refractivity contribution in [1.29, 1.82) is 0 Å². The van der Waals surface area contributed by atoms with Crippen LogP contribution in [-0.2, 0) is 9.59 Å². The molecule has 1 rings (SSSR count). The summed E-state index contributed by atoms with van der Waals surface area (Å²) in [5.74, 6) is -0.0246. The van der Waals surface area contributed by atoms with Gasteiger partial charge in [-0.2, -0.15) is 0 Å². The summed E-state index contributed by atoms with van der Waals surface area (Å²) in [6, 6.07) is -0.414. The molecule has 5 heteroatoms. The minimum atomic E-state index is -0.767. The van der Waals surface area contributed by atoms with Gasteiger partial charge in [0.1, 0.15) is 0 Å². The second-order valence-electron chi connectivity index (χ2n) is 5.61. The Balaban J connectivity index is 2.36. The number of likely N-dealkylation sites (tertiary alicyclic amines) is 1. The fraction of sp³-hybridized carbons (Fsp3) is 0.846. The normalized spacial score (nSPS) is 21.3. The molecule has 1 heterocycles. The van der Waals surface area contributed by atoms with E-state index in [9.17, 15) is 9.59 Å². The average molecular weight is 256 g/mol. The molecule has 0 aromatic heterocycles. The van der Waals surface area contributed by atoms with Crippen LogP contribution >= 0.6 is 0 Å². The molecule has 104 valence electrons. The van der Waals surface area contributed by atoms with E-state index in [-0.39, 0.29) is 12.3 Å². The Kier molecular flexibility index (Phi) is 5.59. The van der Waals surface area contributed by atoms with E-state index in [0.29, 0.717) is 31.2 Å². The molecule has 0 saturated carbocycles. The fourth-order valence-corrected chi connectivity index (χ4v) is 2.44. The lowest BCUT2D eigenvalue weighted by Gasteiger charge is -2.22. The number of carbonyl (C=O) groups excluding carboxylic acids is 1. The van der Waals surface area contributed by atoms with Gasteiger partial charge in [-0.1, -0.05) is 13.8 Å². The molecule has 2 atom stereocenters. The summed E-state index contributed by atoms with van der Waals surface area (Å²) in [6.07, 6.45) is 2.44. The highest BCUT2D eigenvalue weighted by molar-refractivity contribution is 5.81. The van der Waals surface area contributed by atoms with Crippen molar-refractivity contribution in [2.75, 3.05) is 13.1 Å². The lowest BCUT2D eigenvalue weighted by Crippen LogP contribution is -2.43. The van der Waals surface area contributed by atoms with E-state index in [2.05, 4.69) is 0 Å². The third kappa shape index (κ3) is 4.64. The summed E-state index contributed by atoms with van der Waals surface area (Å²) in [7, 11) is 0. The summed E-state index contributed by atoms with van der Waals surface area (Å²) in [4.78, 5) is 24.3. The number of carbonyl (C=O) groups is 2. The lowest BCUT2D eigenvalue weighted by atomic mass is 10.0. The van der Waals surface area contributed by atoms with Crippen molar-refractivity contribution in [3.8, 4) is 0 Å². The summed E-state index contributed by atoms with van der Waals surface area (Å²) >= 11 is 0. The Morgan fingerprint density at radius 3 is 2.67 bits per heavy atom. The van der Waals surface area contributed by atoms with Crippen LogP contribution in [-0.4, -0.2) is 41.0 Å². The maximum Gasteiger partial charge on any atom is 0.303 e. The number of amides is 1. The van der Waals surface area contributed by atoms with Crippen LogP contribution in [0.2, 0.25) is 0 Å². The van der Waals surface area contributed by atoms with Crippen LogP contribution in [0.15, 0.2) is 0 Å². The third-order valence-electron chi connectivity index (χ3n) is 3.41. The molecule has 1 unspecified atom stereocenters. The van der Waals surface area contributed by atoms with Crippen molar-refractivity contribution in [2.45, 2.75) is 45.6 Å². The maximum atomic E-state index is 12.0. The van der Waals surface area contributed by atoms with Crippen molar-refractivity contribution in [3.63, 3.8) is 0 Å². The van der Waals surface area contributed by atoms with Gasteiger partial charge in [0.15, 0.2) is 0 Å². The number of carboxylic acids is 1. The van der Waals surface area contributed by atoms with Crippen LogP contribution in [0.5, 0.6) is 0 Å². The Hall–Kier alpha value is -1.10. The van der Waals surface area contributed by atoms with E-state index < -0.39 is 12.0 Å². The molecule has 5 nitrogen and oxygen atoms in total. The first-order valence-electron chi connectivity index (χ1n) is 6.66. The first-order chi connectivity index (χ1) is 8.40. The van der Waals surface area contributed by atoms with E-state index in [1.54, 1.807) is 4.90 Å². The summed E-state index contributed by atoms with van der Waals surface area (Å²) < 4.78 is 0. The SMILES string of the molecule is CC(C)C[C@H](N)C(=O)N1CCC(CCC(=O)O)C1. The Bertz CT molecular complexity index is 305. The number of nitrogens with zero attached hydrogens (tertiary/aromatic N) is 1. The molecule has 0 aromatic rings. The van der Waals surface area contributed by atoms with Crippen LogP contribution in [0.3, 0.4) is 0 Å². The van der Waals surface area contributed by atoms with E-state index in [4.69, 9.17) is 10.8 Å². The van der Waals surface area contributed by atoms with Crippen LogP contribution in [0.25, 0.3) is 0 Å². The zero-order valence-electron chi connectivity index (χ0n) is 11.3. The van der Waals surface area contributed by atoms with Gasteiger partial charge in [0.05, 0.1) is 6.04 Å². The van der Waals surface area contributed by atoms with E-state index in [0.717, 1.165) is 13.0 Å². The Labute approximate surface area is 108 Å². The highest BCUT2D eigenvalue weighted by atomic mass is 16.4. The van der Waals surface area contributed by atoms with Gasteiger partial charge < -0.3 is 15.7 Å². The molecule has 18 heavy (non-hydrogen) atoms. The van der Waals surface area contributed by atoms with Crippen LogP contribution in [0.1, 0.15) is 39.5 Å². The topological polar surface area (TPSA) is 83.6 Å². The molecule has 0 spiro atoms. The van der Waals surface area contributed by atoms with Crippen LogP contribution < -0.4 is 5.73 Å². The minimum absolute atomic E-state index is 0.0153. The molecule has 3 N–H and O–H groups in total. The second kappa shape index (κ2) is 6.73. The number of hydrogen-bond acceptors (Lipinski definition) is 3. The largest absolute Gasteiger partial charge is 0.481 e. The third-order valence-corrected chi connectivity index (χ3v) is 3.41. The Morgan fingerprint density at radius 1 is 1.44 bits per heavy atom. The summed E-state index contributed by atoms with van der Waals surface area (Å²) in [5.41, 5.74) is 5.88. The first kappa shape index (κ1) is 15.0. The molecule has 1 amide bonds. The van der Waals surface area contributed by atoms with Gasteiger partial charge >= 0.3 is 5.97 Å². The van der Waals surface area contributed by atoms with Crippen molar-refractivity contribution >= 4 is 11.9 Å². The average Bonchev–Trinajstić information content (AvgIpc) is 2.72. The summed E-state index contributed by atoms with van der Waals surface area (Å²) in [5, 5.41) is 8.64. The minimum Gasteiger partial charge on any atom is -0.481 e. The maximum absolute atomic E-state index is 12.0. The predicted molar refractivity (Wildman–Crippen MR) is 69.0 cm³/mol. The molecule has 1 saturated heterocycles. The fourth-order valence-electron chi connectivity index (χ4n) is 2.44. The molecule has 0 aliphatic carbocycles. The van der Waals surface area contributed by atoms with Crippen molar-refractivity contribution in [2.24, 2.45) is 17.6 Å². The number of carboxylic acid groups (broad SMARTS) is 1. The van der Waals surface area contributed by atoms with Crippen LogP contribution in [0.4, 0.5) is 0 Å². The highest BCUT2D eigenvalue weighted by Crippen LogP contribution is 2.22. The van der Waals surface area contributed by atoms with Gasteiger partial charge in [-0.05, 0) is 31.1 Å². The van der Waals surface area contributed by atoms with Gasteiger partial charge in [0.25, 0.3) is 0 Å². The quantitative estimate of drug-likeness (QED) is 0.744. The van der Waals surface area contributed by atoms with Crippen molar-refractivity contribution in [1.82, 2.24) is 4.90 Å². The van der Waals surface area contributed by atoms with E-state index >= 15 is 0 Å². The molecule has 1 aliphatic rings. The standard InChI is InChI=1S/C13H24N2O3/c1-9(2)7-11(14)13(18)15-6-5-10(8-15)3-4-12(16)17/h9-11H,3-8,14H2,1-2H3,(H,16,17)/t10?,11-/m0/s1. The number of rotatable bonds is 6. The smallest absolute Gasteiger partial charge is 0.303 e. The van der Waals surface area contributed by atoms with E-state index in [1.165, 1.54) is 0 Å². The Morgan fingerprint density at radius 2 is 2.11 bits per heavy atom. The predicted octanol–water partition coefficient (Wildman–Crippen LogP) is 1.07. The summed E-state index contributed by atoms with van der Waals surface area (Å²) in [6.45, 7) is 5.48. The zero-order valence-corrected chi connectivity index (χ0v) is 11.3. The first-order valence-corrected chi connectivity index (χ1v) is 6.66. The zero-order chi connectivity index (χ0) is 13.7. The molecule has 1 fully saturated rings. The molecular weight excluding hydrogens is 232 g/mol. The highest BCUT2D eigenvalue weighted by Gasteiger charge is 2.29. The van der Waals surface area contributed by atoms with Gasteiger partial charge in [0, 0.05) is 19.5 Å². The second-order valence-corrected chi connectivity index (χ2v) is 5.61. The molecular formula is C13H24N2O3. The van der Waals surface area contributed by atoms with Gasteiger partial charge in [-0.3, -0.25) is 9.59 Å². The van der Waals surface area contributed by atoms with Gasteiger partial charge in [0.2, 0.25) is 5.91 Å². The monoisotopic (exact) mass is 256 g/mol. The van der Waals surface area contributed by atoms with Gasteiger partial charge in [-0.25, -0.2) is 0 Å². The van der Waals surface area contributed by atoms with Crippen molar-refractivity contribution < 1.29 is 14.7 Å². The van der Waals surface area contributed by atoms with E-state index in [1.807, 2.05) is 13.8 Å². The van der Waals surface area contributed by atoms with Crippen LogP contribution in [0, 0.1) is 11.8 Å². The number of hydrogen-bond donors (Lipinski definition) is 2. The molecule has 1 aliphatic heterocycles.